The summed E-state index contributed by atoms with van der Waals surface area (Å²) >= 11 is 0. The van der Waals surface area contributed by atoms with E-state index in [1.807, 2.05) is 20.8 Å². The minimum absolute atomic E-state index is 0.0606. The van der Waals surface area contributed by atoms with Gasteiger partial charge in [-0.15, -0.1) is 0 Å². The Hall–Kier alpha value is -1.79. The monoisotopic (exact) mass is 313 g/mol. The van der Waals surface area contributed by atoms with Gasteiger partial charge in [-0.25, -0.2) is 4.79 Å². The van der Waals surface area contributed by atoms with Gasteiger partial charge in [-0.1, -0.05) is 0 Å². The van der Waals surface area contributed by atoms with Gasteiger partial charge in [0.15, 0.2) is 0 Å². The Balaban J connectivity index is 2.82. The van der Waals surface area contributed by atoms with Crippen LogP contribution in [0.2, 0.25) is 0 Å². The fourth-order valence-electron chi connectivity index (χ4n) is 2.20. The lowest BCUT2D eigenvalue weighted by Crippen LogP contribution is -2.43. The molecule has 7 nitrogen and oxygen atoms in total. The summed E-state index contributed by atoms with van der Waals surface area (Å²) in [5, 5.41) is 0. The van der Waals surface area contributed by atoms with Crippen molar-refractivity contribution in [2.45, 2.75) is 40.2 Å². The molecule has 0 aromatic heterocycles. The molecule has 22 heavy (non-hydrogen) atoms. The quantitative estimate of drug-likeness (QED) is 0.667. The van der Waals surface area contributed by atoms with Gasteiger partial charge in [-0.2, -0.15) is 0 Å². The predicted molar refractivity (Wildman–Crippen MR) is 82.3 cm³/mol. The van der Waals surface area contributed by atoms with Crippen LogP contribution in [-0.4, -0.2) is 77.5 Å². The van der Waals surface area contributed by atoms with Crippen LogP contribution in [0.1, 0.15) is 34.6 Å². The van der Waals surface area contributed by atoms with Gasteiger partial charge in [0.05, 0.1) is 0 Å². The van der Waals surface area contributed by atoms with Crippen molar-refractivity contribution in [1.82, 2.24) is 14.7 Å². The molecule has 0 radical (unpaired) electrons. The summed E-state index contributed by atoms with van der Waals surface area (Å²) in [7, 11) is 0. The Bertz CT molecular complexity index is 405. The molecule has 0 aromatic rings. The first-order valence-corrected chi connectivity index (χ1v) is 7.59. The summed E-state index contributed by atoms with van der Waals surface area (Å²) in [6.07, 6.45) is -0.415. The standard InChI is InChI=1S/C15H27N3O4/c1-12(19)16-6-7-17(13(2)20)9-11-18(10-8-16)14(21)22-15(3,4)5/h6-11H2,1-5H3. The SMILES string of the molecule is CC(=O)N1CCN(C(C)=O)CCN(C(=O)OC(C)(C)C)CC1. The molecule has 0 bridgehead atoms. The maximum atomic E-state index is 12.2. The molecule has 126 valence electrons. The molecule has 1 saturated heterocycles. The first-order valence-electron chi connectivity index (χ1n) is 7.59. The van der Waals surface area contributed by atoms with Gasteiger partial charge in [-0.3, -0.25) is 9.59 Å². The molecular formula is C15H27N3O4. The molecule has 1 aliphatic heterocycles. The van der Waals surface area contributed by atoms with Crippen LogP contribution in [0.25, 0.3) is 0 Å². The molecule has 1 heterocycles. The zero-order valence-corrected chi connectivity index (χ0v) is 14.2. The molecule has 0 N–H and O–H groups in total. The summed E-state index contributed by atoms with van der Waals surface area (Å²) in [5.74, 6) is -0.121. The molecule has 0 aliphatic carbocycles. The van der Waals surface area contributed by atoms with Crippen LogP contribution in [0.4, 0.5) is 4.79 Å². The van der Waals surface area contributed by atoms with Gasteiger partial charge >= 0.3 is 6.09 Å². The number of rotatable bonds is 0. The third-order valence-electron chi connectivity index (χ3n) is 3.46. The van der Waals surface area contributed by atoms with Crippen molar-refractivity contribution >= 4 is 17.9 Å². The second-order valence-corrected chi connectivity index (χ2v) is 6.48. The maximum Gasteiger partial charge on any atom is 0.410 e. The third kappa shape index (κ3) is 5.91. The fraction of sp³-hybridized carbons (Fsp3) is 0.800. The molecular weight excluding hydrogens is 286 g/mol. The minimum Gasteiger partial charge on any atom is -0.444 e. The molecule has 0 spiro atoms. The summed E-state index contributed by atoms with van der Waals surface area (Å²) in [5.41, 5.74) is -0.573. The second-order valence-electron chi connectivity index (χ2n) is 6.48. The summed E-state index contributed by atoms with van der Waals surface area (Å²) in [6.45, 7) is 11.1. The van der Waals surface area contributed by atoms with Crippen molar-refractivity contribution < 1.29 is 19.1 Å². The Kier molecular flexibility index (Phi) is 6.20. The Morgan fingerprint density at radius 3 is 1.32 bits per heavy atom. The molecule has 1 aliphatic rings. The minimum atomic E-state index is -0.573. The molecule has 1 fully saturated rings. The highest BCUT2D eigenvalue weighted by atomic mass is 16.6. The molecule has 0 unspecified atom stereocenters. The number of amides is 3. The normalized spacial score (nSPS) is 17.4. The van der Waals surface area contributed by atoms with E-state index in [1.54, 1.807) is 14.7 Å². The van der Waals surface area contributed by atoms with Crippen LogP contribution in [-0.2, 0) is 14.3 Å². The van der Waals surface area contributed by atoms with E-state index in [0.29, 0.717) is 39.3 Å². The van der Waals surface area contributed by atoms with Crippen LogP contribution in [0.5, 0.6) is 0 Å². The van der Waals surface area contributed by atoms with Gasteiger partial charge < -0.3 is 19.4 Å². The van der Waals surface area contributed by atoms with Crippen molar-refractivity contribution in [3.05, 3.63) is 0 Å². The number of nitrogens with zero attached hydrogens (tertiary/aromatic N) is 3. The van der Waals surface area contributed by atoms with Crippen molar-refractivity contribution in [2.24, 2.45) is 0 Å². The Morgan fingerprint density at radius 2 is 1.05 bits per heavy atom. The molecule has 3 amide bonds. The topological polar surface area (TPSA) is 70.2 Å². The van der Waals surface area contributed by atoms with E-state index >= 15 is 0 Å². The maximum absolute atomic E-state index is 12.2. The van der Waals surface area contributed by atoms with Gasteiger partial charge in [0.1, 0.15) is 5.60 Å². The molecule has 0 atom stereocenters. The van der Waals surface area contributed by atoms with E-state index < -0.39 is 11.7 Å². The third-order valence-corrected chi connectivity index (χ3v) is 3.46. The van der Waals surface area contributed by atoms with Crippen LogP contribution >= 0.6 is 0 Å². The lowest BCUT2D eigenvalue weighted by molar-refractivity contribution is -0.132. The van der Waals surface area contributed by atoms with Gasteiger partial charge in [0, 0.05) is 53.1 Å². The van der Waals surface area contributed by atoms with E-state index in [1.165, 1.54) is 13.8 Å². The highest BCUT2D eigenvalue weighted by molar-refractivity contribution is 5.75. The molecule has 1 rings (SSSR count). The number of ether oxygens (including phenoxy) is 1. The van der Waals surface area contributed by atoms with E-state index in [-0.39, 0.29) is 11.8 Å². The second kappa shape index (κ2) is 7.47. The molecule has 0 saturated carbocycles. The van der Waals surface area contributed by atoms with Crippen LogP contribution in [0.15, 0.2) is 0 Å². The number of carbonyl (C=O) groups excluding carboxylic acids is 3. The van der Waals surface area contributed by atoms with Crippen molar-refractivity contribution in [3.8, 4) is 0 Å². The van der Waals surface area contributed by atoms with E-state index in [4.69, 9.17) is 4.74 Å². The van der Waals surface area contributed by atoms with E-state index in [9.17, 15) is 14.4 Å². The fourth-order valence-corrected chi connectivity index (χ4v) is 2.20. The lowest BCUT2D eigenvalue weighted by atomic mass is 10.2. The zero-order chi connectivity index (χ0) is 16.9. The largest absolute Gasteiger partial charge is 0.444 e. The average Bonchev–Trinajstić information content (AvgIpc) is 2.45. The van der Waals surface area contributed by atoms with Crippen LogP contribution < -0.4 is 0 Å². The number of carbonyl (C=O) groups is 3. The predicted octanol–water partition coefficient (Wildman–Crippen LogP) is 0.934. The number of hydrogen-bond donors (Lipinski definition) is 0. The van der Waals surface area contributed by atoms with Gasteiger partial charge in [-0.05, 0) is 20.8 Å². The van der Waals surface area contributed by atoms with Crippen LogP contribution in [0.3, 0.4) is 0 Å². The summed E-state index contributed by atoms with van der Waals surface area (Å²) < 4.78 is 5.39. The van der Waals surface area contributed by atoms with Crippen molar-refractivity contribution in [1.29, 1.82) is 0 Å². The Morgan fingerprint density at radius 1 is 0.727 bits per heavy atom. The van der Waals surface area contributed by atoms with E-state index in [0.717, 1.165) is 0 Å². The van der Waals surface area contributed by atoms with Gasteiger partial charge in [0.2, 0.25) is 11.8 Å². The summed E-state index contributed by atoms with van der Waals surface area (Å²) in [6, 6.07) is 0. The first-order chi connectivity index (χ1) is 10.1. The van der Waals surface area contributed by atoms with Crippen molar-refractivity contribution in [3.63, 3.8) is 0 Å². The first kappa shape index (κ1) is 18.3. The Labute approximate surface area is 132 Å². The smallest absolute Gasteiger partial charge is 0.410 e. The summed E-state index contributed by atoms with van der Waals surface area (Å²) in [4.78, 5) is 40.4. The molecule has 0 aromatic carbocycles. The van der Waals surface area contributed by atoms with Gasteiger partial charge in [0.25, 0.3) is 0 Å². The van der Waals surface area contributed by atoms with Crippen molar-refractivity contribution in [2.75, 3.05) is 39.3 Å². The highest BCUT2D eigenvalue weighted by Crippen LogP contribution is 2.11. The van der Waals surface area contributed by atoms with Crippen LogP contribution in [0, 0.1) is 0 Å². The average molecular weight is 313 g/mol. The number of hydrogen-bond acceptors (Lipinski definition) is 4. The lowest BCUT2D eigenvalue weighted by Gasteiger charge is -2.28. The molecule has 7 heteroatoms. The zero-order valence-electron chi connectivity index (χ0n) is 14.2. The van der Waals surface area contributed by atoms with E-state index in [2.05, 4.69) is 0 Å². The highest BCUT2D eigenvalue weighted by Gasteiger charge is 2.25.